The van der Waals surface area contributed by atoms with Gasteiger partial charge in [0.2, 0.25) is 11.9 Å². The average molecular weight is 284 g/mol. The molecule has 1 fully saturated rings. The fourth-order valence-electron chi connectivity index (χ4n) is 2.00. The Morgan fingerprint density at radius 2 is 2.40 bits per heavy atom. The molecule has 9 heteroatoms. The molecular formula is C11H13FN4O4. The predicted molar refractivity (Wildman–Crippen MR) is 65.0 cm³/mol. The molecule has 2 rings (SSSR count). The number of nitrogens with zero attached hydrogens (tertiary/aromatic N) is 3. The van der Waals surface area contributed by atoms with Crippen LogP contribution in [0.5, 0.6) is 0 Å². The number of anilines is 1. The van der Waals surface area contributed by atoms with Gasteiger partial charge in [0.1, 0.15) is 18.0 Å². The number of nitrogen functional groups attached to an aromatic ring is 1. The summed E-state index contributed by atoms with van der Waals surface area (Å²) in [7, 11) is 0. The maximum Gasteiger partial charge on any atom is 0.368 e. The molecule has 8 nitrogen and oxygen atoms in total. The van der Waals surface area contributed by atoms with Crippen LogP contribution in [0.4, 0.5) is 10.2 Å². The molecule has 5 atom stereocenters. The van der Waals surface area contributed by atoms with E-state index in [1.807, 2.05) is 0 Å². The molecule has 0 spiro atoms. The molecule has 0 aliphatic carbocycles. The number of terminal acetylenes is 1. The van der Waals surface area contributed by atoms with Gasteiger partial charge in [-0.25, -0.2) is 9.18 Å². The lowest BCUT2D eigenvalue weighted by Crippen LogP contribution is -2.46. The van der Waals surface area contributed by atoms with E-state index >= 15 is 0 Å². The van der Waals surface area contributed by atoms with Gasteiger partial charge in [-0.3, -0.25) is 0 Å². The van der Waals surface area contributed by atoms with Crippen LogP contribution < -0.4 is 11.4 Å². The Morgan fingerprint density at radius 1 is 1.75 bits per heavy atom. The van der Waals surface area contributed by atoms with Crippen molar-refractivity contribution in [2.24, 2.45) is 0 Å². The summed E-state index contributed by atoms with van der Waals surface area (Å²) >= 11 is 0. The van der Waals surface area contributed by atoms with Crippen LogP contribution in [-0.4, -0.2) is 49.0 Å². The summed E-state index contributed by atoms with van der Waals surface area (Å²) in [5.74, 6) is 1.60. The largest absolute Gasteiger partial charge is 0.391 e. The number of hydrogen-bond acceptors (Lipinski definition) is 7. The molecule has 2 heterocycles. The molecule has 0 bridgehead atoms. The second-order valence-electron chi connectivity index (χ2n) is 4.46. The summed E-state index contributed by atoms with van der Waals surface area (Å²) in [6.07, 6.45) is 0.0925. The van der Waals surface area contributed by atoms with Gasteiger partial charge in [0.25, 0.3) is 0 Å². The molecule has 2 unspecified atom stereocenters. The van der Waals surface area contributed by atoms with Crippen LogP contribution in [0.25, 0.3) is 0 Å². The van der Waals surface area contributed by atoms with Crippen LogP contribution >= 0.6 is 0 Å². The molecule has 0 saturated carbocycles. The number of halogens is 1. The summed E-state index contributed by atoms with van der Waals surface area (Å²) in [4.78, 5) is 15.0. The van der Waals surface area contributed by atoms with E-state index in [9.17, 15) is 19.4 Å². The molecule has 1 aliphatic heterocycles. The Balaban J connectivity index is 2.50. The highest BCUT2D eigenvalue weighted by atomic mass is 19.1. The Bertz CT molecular complexity index is 613. The van der Waals surface area contributed by atoms with Crippen molar-refractivity contribution in [2.45, 2.75) is 37.1 Å². The lowest BCUT2D eigenvalue weighted by Gasteiger charge is -2.22. The van der Waals surface area contributed by atoms with Gasteiger partial charge in [0.15, 0.2) is 0 Å². The van der Waals surface area contributed by atoms with Crippen LogP contribution in [0.1, 0.15) is 13.2 Å². The maximum absolute atomic E-state index is 14.7. The molecule has 4 N–H and O–H groups in total. The Kier molecular flexibility index (Phi) is 3.47. The lowest BCUT2D eigenvalue weighted by atomic mass is 9.95. The molecule has 0 amide bonds. The first-order valence-corrected chi connectivity index (χ1v) is 5.71. The quantitative estimate of drug-likeness (QED) is 0.547. The Morgan fingerprint density at radius 3 is 2.90 bits per heavy atom. The lowest BCUT2D eigenvalue weighted by molar-refractivity contribution is -0.0849. The van der Waals surface area contributed by atoms with Crippen molar-refractivity contribution in [3.05, 3.63) is 16.7 Å². The van der Waals surface area contributed by atoms with Gasteiger partial charge >= 0.3 is 5.69 Å². The van der Waals surface area contributed by atoms with Crippen molar-refractivity contribution < 1.29 is 19.3 Å². The van der Waals surface area contributed by atoms with Crippen molar-refractivity contribution >= 4 is 5.82 Å². The van der Waals surface area contributed by atoms with Gasteiger partial charge in [0, 0.05) is 0 Å². The summed E-state index contributed by atoms with van der Waals surface area (Å²) < 4.78 is 20.4. The minimum atomic E-state index is -2.73. The van der Waals surface area contributed by atoms with Crippen molar-refractivity contribution in [1.82, 2.24) is 14.8 Å². The number of rotatable bonds is 2. The van der Waals surface area contributed by atoms with E-state index in [1.54, 1.807) is 5.92 Å². The van der Waals surface area contributed by atoms with Gasteiger partial charge in [0.05, 0.1) is 12.3 Å². The molecule has 1 saturated heterocycles. The van der Waals surface area contributed by atoms with Crippen LogP contribution in [0.3, 0.4) is 0 Å². The van der Waals surface area contributed by atoms with Gasteiger partial charge in [-0.05, 0) is 6.92 Å². The third-order valence-electron chi connectivity index (χ3n) is 3.04. The van der Waals surface area contributed by atoms with E-state index in [-0.39, 0.29) is 5.82 Å². The molecule has 1 aliphatic rings. The first kappa shape index (κ1) is 14.4. The number of alkyl halides is 1. The van der Waals surface area contributed by atoms with Crippen molar-refractivity contribution in [2.75, 3.05) is 5.73 Å². The first-order valence-electron chi connectivity index (χ1n) is 5.71. The molecule has 0 aromatic carbocycles. The molecule has 108 valence electrons. The Labute approximate surface area is 113 Å². The minimum absolute atomic E-state index is 0.151. The van der Waals surface area contributed by atoms with E-state index < -0.39 is 35.9 Å². The average Bonchev–Trinajstić information content (AvgIpc) is 2.64. The number of aliphatic hydroxyl groups excluding tert-OH is 2. The molecule has 1 aromatic heterocycles. The van der Waals surface area contributed by atoms with Crippen LogP contribution in [0.15, 0.2) is 11.0 Å². The number of nitrogens with two attached hydrogens (primary N) is 1. The molecular weight excluding hydrogens is 271 g/mol. The van der Waals surface area contributed by atoms with E-state index in [0.29, 0.717) is 4.68 Å². The SMILES string of the molecule is C#CC1(F)C(O)[C@@H]([C@H](C)O)O[C@H]1n1ncc(N)nc1=O. The second kappa shape index (κ2) is 4.82. The summed E-state index contributed by atoms with van der Waals surface area (Å²) in [6, 6.07) is 0. The first-order chi connectivity index (χ1) is 9.31. The topological polar surface area (TPSA) is 123 Å². The fourth-order valence-corrected chi connectivity index (χ4v) is 2.00. The smallest absolute Gasteiger partial charge is 0.368 e. The van der Waals surface area contributed by atoms with E-state index in [2.05, 4.69) is 10.1 Å². The molecule has 1 aromatic rings. The highest BCUT2D eigenvalue weighted by Crippen LogP contribution is 2.41. The third kappa shape index (κ3) is 2.03. The second-order valence-corrected chi connectivity index (χ2v) is 4.46. The van der Waals surface area contributed by atoms with E-state index in [4.69, 9.17) is 16.9 Å². The van der Waals surface area contributed by atoms with Crippen LogP contribution in [0.2, 0.25) is 0 Å². The van der Waals surface area contributed by atoms with Gasteiger partial charge in [-0.15, -0.1) is 6.42 Å². The standard InChI is InChI=1S/C11H13FN4O4/c1-3-11(12)8(18)7(5(2)17)20-9(11)16-10(19)15-6(13)4-14-16/h1,4-5,7-9,17-18H,2H3,(H2,13,15,19)/t5-,7+,8?,9+,11?/m0/s1. The zero-order valence-electron chi connectivity index (χ0n) is 10.5. The van der Waals surface area contributed by atoms with Crippen LogP contribution in [0, 0.1) is 12.3 Å². The normalized spacial score (nSPS) is 34.6. The number of aromatic nitrogens is 3. The zero-order valence-corrected chi connectivity index (χ0v) is 10.5. The van der Waals surface area contributed by atoms with Gasteiger partial charge in [-0.1, -0.05) is 5.92 Å². The fraction of sp³-hybridized carbons (Fsp3) is 0.545. The highest BCUT2D eigenvalue weighted by molar-refractivity contribution is 5.22. The van der Waals surface area contributed by atoms with E-state index in [1.165, 1.54) is 6.92 Å². The molecule has 20 heavy (non-hydrogen) atoms. The zero-order chi connectivity index (χ0) is 15.1. The monoisotopic (exact) mass is 284 g/mol. The maximum atomic E-state index is 14.7. The van der Waals surface area contributed by atoms with E-state index in [0.717, 1.165) is 6.20 Å². The Hall–Kier alpha value is -2.02. The number of aliphatic hydroxyl groups is 2. The predicted octanol–water partition coefficient (Wildman–Crippen LogP) is -1.80. The van der Waals surface area contributed by atoms with Gasteiger partial charge < -0.3 is 20.7 Å². The van der Waals surface area contributed by atoms with Crippen molar-refractivity contribution in [3.63, 3.8) is 0 Å². The van der Waals surface area contributed by atoms with Crippen molar-refractivity contribution in [3.8, 4) is 12.3 Å². The minimum Gasteiger partial charge on any atom is -0.391 e. The summed E-state index contributed by atoms with van der Waals surface area (Å²) in [5, 5.41) is 22.9. The number of ether oxygens (including phenoxy) is 1. The summed E-state index contributed by atoms with van der Waals surface area (Å²) in [6.45, 7) is 1.30. The molecule has 0 radical (unpaired) electrons. The van der Waals surface area contributed by atoms with Crippen molar-refractivity contribution in [1.29, 1.82) is 0 Å². The van der Waals surface area contributed by atoms with Gasteiger partial charge in [-0.2, -0.15) is 14.8 Å². The number of hydrogen-bond donors (Lipinski definition) is 3. The third-order valence-corrected chi connectivity index (χ3v) is 3.04. The summed E-state index contributed by atoms with van der Waals surface area (Å²) in [5.41, 5.74) is 1.57. The highest BCUT2D eigenvalue weighted by Gasteiger charge is 2.59. The van der Waals surface area contributed by atoms with Crippen LogP contribution in [-0.2, 0) is 4.74 Å².